The van der Waals surface area contributed by atoms with Crippen LogP contribution in [0.1, 0.15) is 18.1 Å². The summed E-state index contributed by atoms with van der Waals surface area (Å²) in [6.07, 6.45) is 3.45. The summed E-state index contributed by atoms with van der Waals surface area (Å²) < 4.78 is 6.76. The molecule has 0 saturated heterocycles. The topological polar surface area (TPSA) is 34.1 Å². The molecule has 0 aliphatic carbocycles. The van der Waals surface area contributed by atoms with Crippen LogP contribution in [0.15, 0.2) is 47.2 Å². The third kappa shape index (κ3) is 4.33. The highest BCUT2D eigenvalue weighted by Crippen LogP contribution is 2.20. The smallest absolute Gasteiger partial charge is 0.138 e. The number of rotatable bonds is 6. The van der Waals surface area contributed by atoms with E-state index >= 15 is 0 Å². The second-order valence-electron chi connectivity index (χ2n) is 4.18. The van der Waals surface area contributed by atoms with Gasteiger partial charge in [-0.3, -0.25) is 4.98 Å². The van der Waals surface area contributed by atoms with Crippen molar-refractivity contribution in [3.63, 3.8) is 0 Å². The van der Waals surface area contributed by atoms with Crippen molar-refractivity contribution in [2.24, 2.45) is 0 Å². The molecule has 19 heavy (non-hydrogen) atoms. The summed E-state index contributed by atoms with van der Waals surface area (Å²) in [6.45, 7) is 4.50. The Labute approximate surface area is 122 Å². The Morgan fingerprint density at radius 1 is 1.32 bits per heavy atom. The van der Waals surface area contributed by atoms with Gasteiger partial charge in [0.05, 0.1) is 6.20 Å². The molecule has 0 fully saturated rings. The normalized spacial score (nSPS) is 10.4. The van der Waals surface area contributed by atoms with Crippen molar-refractivity contribution in [2.75, 3.05) is 6.54 Å². The minimum absolute atomic E-state index is 0.535. The molecule has 1 aromatic carbocycles. The van der Waals surface area contributed by atoms with Crippen molar-refractivity contribution < 1.29 is 4.74 Å². The van der Waals surface area contributed by atoms with E-state index in [1.807, 2.05) is 12.1 Å². The molecule has 4 heteroatoms. The van der Waals surface area contributed by atoms with Crippen LogP contribution < -0.4 is 10.1 Å². The maximum Gasteiger partial charge on any atom is 0.138 e. The number of nitrogens with one attached hydrogen (secondary N) is 1. The van der Waals surface area contributed by atoms with E-state index in [0.717, 1.165) is 28.9 Å². The first kappa shape index (κ1) is 14.0. The van der Waals surface area contributed by atoms with Crippen LogP contribution in [0.3, 0.4) is 0 Å². The average molecular weight is 321 g/mol. The van der Waals surface area contributed by atoms with Crippen LogP contribution in [0, 0.1) is 0 Å². The van der Waals surface area contributed by atoms with E-state index in [2.05, 4.69) is 51.4 Å². The van der Waals surface area contributed by atoms with Crippen LogP contribution in [0.4, 0.5) is 0 Å². The van der Waals surface area contributed by atoms with Gasteiger partial charge < -0.3 is 10.1 Å². The lowest BCUT2D eigenvalue weighted by atomic mass is 10.1. The molecular weight excluding hydrogens is 304 g/mol. The Kier molecular flexibility index (Phi) is 5.36. The predicted octanol–water partition coefficient (Wildman–Crippen LogP) is 3.53. The van der Waals surface area contributed by atoms with Crippen LogP contribution in [-0.4, -0.2) is 11.5 Å². The van der Waals surface area contributed by atoms with Crippen molar-refractivity contribution in [1.82, 2.24) is 10.3 Å². The zero-order chi connectivity index (χ0) is 13.5. The van der Waals surface area contributed by atoms with Crippen molar-refractivity contribution in [3.8, 4) is 5.75 Å². The lowest BCUT2D eigenvalue weighted by Crippen LogP contribution is -2.11. The Balaban J connectivity index is 1.97. The van der Waals surface area contributed by atoms with Crippen molar-refractivity contribution in [1.29, 1.82) is 0 Å². The van der Waals surface area contributed by atoms with Crippen LogP contribution in [-0.2, 0) is 13.2 Å². The third-order valence-electron chi connectivity index (χ3n) is 2.73. The Bertz CT molecular complexity index is 517. The number of benzene rings is 1. The molecule has 1 heterocycles. The van der Waals surface area contributed by atoms with Crippen LogP contribution >= 0.6 is 15.9 Å². The average Bonchev–Trinajstić information content (AvgIpc) is 2.45. The second-order valence-corrected chi connectivity index (χ2v) is 5.04. The molecule has 0 atom stereocenters. The predicted molar refractivity (Wildman–Crippen MR) is 80.1 cm³/mol. The molecule has 100 valence electrons. The monoisotopic (exact) mass is 320 g/mol. The quantitative estimate of drug-likeness (QED) is 0.884. The Hall–Kier alpha value is -1.39. The highest BCUT2D eigenvalue weighted by Gasteiger charge is 2.03. The SMILES string of the molecule is CCNCc1ccc(COc2cccnc2)c(Br)c1. The summed E-state index contributed by atoms with van der Waals surface area (Å²) in [5.74, 6) is 0.783. The fourth-order valence-corrected chi connectivity index (χ4v) is 2.22. The highest BCUT2D eigenvalue weighted by molar-refractivity contribution is 9.10. The van der Waals surface area contributed by atoms with Crippen molar-refractivity contribution in [2.45, 2.75) is 20.1 Å². The maximum absolute atomic E-state index is 5.69. The molecule has 2 aromatic rings. The third-order valence-corrected chi connectivity index (χ3v) is 3.46. The Morgan fingerprint density at radius 3 is 2.89 bits per heavy atom. The lowest BCUT2D eigenvalue weighted by molar-refractivity contribution is 0.304. The van der Waals surface area contributed by atoms with E-state index in [1.54, 1.807) is 12.4 Å². The summed E-state index contributed by atoms with van der Waals surface area (Å²) in [5.41, 5.74) is 2.39. The fraction of sp³-hybridized carbons (Fsp3) is 0.267. The van der Waals surface area contributed by atoms with Crippen LogP contribution in [0.25, 0.3) is 0 Å². The molecule has 1 aromatic heterocycles. The standard InChI is InChI=1S/C15H17BrN2O/c1-2-17-9-12-5-6-13(15(16)8-12)11-19-14-4-3-7-18-10-14/h3-8,10,17H,2,9,11H2,1H3. The zero-order valence-corrected chi connectivity index (χ0v) is 12.5. The van der Waals surface area contributed by atoms with Gasteiger partial charge in [0.1, 0.15) is 12.4 Å². The first-order valence-electron chi connectivity index (χ1n) is 6.30. The lowest BCUT2D eigenvalue weighted by Gasteiger charge is -2.09. The summed E-state index contributed by atoms with van der Waals surface area (Å²) in [6, 6.07) is 10.1. The van der Waals surface area contributed by atoms with Crippen LogP contribution in [0.2, 0.25) is 0 Å². The van der Waals surface area contributed by atoms with Gasteiger partial charge in [-0.2, -0.15) is 0 Å². The Morgan fingerprint density at radius 2 is 2.21 bits per heavy atom. The van der Waals surface area contributed by atoms with Gasteiger partial charge in [0.25, 0.3) is 0 Å². The van der Waals surface area contributed by atoms with Crippen LogP contribution in [0.5, 0.6) is 5.75 Å². The second kappa shape index (κ2) is 7.26. The van der Waals surface area contributed by atoms with Gasteiger partial charge in [-0.1, -0.05) is 35.0 Å². The first-order valence-corrected chi connectivity index (χ1v) is 7.09. The van der Waals surface area contributed by atoms with Gasteiger partial charge in [0.15, 0.2) is 0 Å². The number of ether oxygens (including phenoxy) is 1. The molecular formula is C15H17BrN2O. The molecule has 0 unspecified atom stereocenters. The van der Waals surface area contributed by atoms with Gasteiger partial charge >= 0.3 is 0 Å². The summed E-state index contributed by atoms with van der Waals surface area (Å²) in [7, 11) is 0. The minimum Gasteiger partial charge on any atom is -0.487 e. The number of pyridine rings is 1. The summed E-state index contributed by atoms with van der Waals surface area (Å²) in [5, 5.41) is 3.31. The van der Waals surface area contributed by atoms with Gasteiger partial charge in [-0.05, 0) is 30.3 Å². The van der Waals surface area contributed by atoms with Crippen molar-refractivity contribution >= 4 is 15.9 Å². The largest absolute Gasteiger partial charge is 0.487 e. The van der Waals surface area contributed by atoms with E-state index in [4.69, 9.17) is 4.74 Å². The number of hydrogen-bond acceptors (Lipinski definition) is 3. The van der Waals surface area contributed by atoms with Crippen molar-refractivity contribution in [3.05, 3.63) is 58.3 Å². The first-order chi connectivity index (χ1) is 9.29. The molecule has 0 saturated carbocycles. The number of halogens is 1. The number of hydrogen-bond donors (Lipinski definition) is 1. The molecule has 0 spiro atoms. The summed E-state index contributed by atoms with van der Waals surface area (Å²) in [4.78, 5) is 4.02. The molecule has 3 nitrogen and oxygen atoms in total. The number of aromatic nitrogens is 1. The zero-order valence-electron chi connectivity index (χ0n) is 10.9. The number of nitrogens with zero attached hydrogens (tertiary/aromatic N) is 1. The molecule has 0 radical (unpaired) electrons. The van der Waals surface area contributed by atoms with E-state index in [9.17, 15) is 0 Å². The maximum atomic E-state index is 5.69. The van der Waals surface area contributed by atoms with E-state index in [0.29, 0.717) is 6.61 Å². The van der Waals surface area contributed by atoms with Gasteiger partial charge in [0.2, 0.25) is 0 Å². The molecule has 0 bridgehead atoms. The van der Waals surface area contributed by atoms with Gasteiger partial charge in [-0.25, -0.2) is 0 Å². The molecule has 0 aliphatic rings. The van der Waals surface area contributed by atoms with Gasteiger partial charge in [0, 0.05) is 22.8 Å². The summed E-state index contributed by atoms with van der Waals surface area (Å²) >= 11 is 3.59. The highest BCUT2D eigenvalue weighted by atomic mass is 79.9. The molecule has 0 aliphatic heterocycles. The molecule has 0 amide bonds. The van der Waals surface area contributed by atoms with Gasteiger partial charge in [-0.15, -0.1) is 0 Å². The van der Waals surface area contributed by atoms with E-state index < -0.39 is 0 Å². The fourth-order valence-electron chi connectivity index (χ4n) is 1.68. The van der Waals surface area contributed by atoms with E-state index in [1.165, 1.54) is 5.56 Å². The minimum atomic E-state index is 0.535. The molecule has 2 rings (SSSR count). The molecule has 1 N–H and O–H groups in total. The van der Waals surface area contributed by atoms with E-state index in [-0.39, 0.29) is 0 Å².